The van der Waals surface area contributed by atoms with Gasteiger partial charge in [0.25, 0.3) is 0 Å². The number of aliphatic hydroxyl groups is 1. The highest BCUT2D eigenvalue weighted by molar-refractivity contribution is 6.45. The van der Waals surface area contributed by atoms with Gasteiger partial charge in [0.2, 0.25) is 5.79 Å². The minimum absolute atomic E-state index is 0.102. The Morgan fingerprint density at radius 1 is 1.45 bits per heavy atom. The molecule has 0 aromatic heterocycles. The number of esters is 1. The van der Waals surface area contributed by atoms with E-state index in [1.54, 1.807) is 0 Å². The largest absolute Gasteiger partial charge is 0.460 e. The van der Waals surface area contributed by atoms with Crippen LogP contribution in [-0.4, -0.2) is 58.3 Å². The van der Waals surface area contributed by atoms with E-state index in [-0.39, 0.29) is 12.8 Å². The molecule has 2 bridgehead atoms. The van der Waals surface area contributed by atoms with Crippen LogP contribution in [0.4, 0.5) is 0 Å². The van der Waals surface area contributed by atoms with E-state index in [1.807, 2.05) is 0 Å². The highest BCUT2D eigenvalue weighted by Crippen LogP contribution is 2.68. The first-order valence-electron chi connectivity index (χ1n) is 6.64. The van der Waals surface area contributed by atoms with Crippen LogP contribution >= 0.6 is 23.2 Å². The first-order valence-corrected chi connectivity index (χ1v) is 7.40. The average molecular weight is 353 g/mol. The van der Waals surface area contributed by atoms with Gasteiger partial charge in [-0.05, 0) is 0 Å². The van der Waals surface area contributed by atoms with Crippen molar-refractivity contribution in [2.45, 2.75) is 47.0 Å². The van der Waals surface area contributed by atoms with Gasteiger partial charge in [0.05, 0.1) is 0 Å². The number of ether oxygens (including phenoxy) is 3. The zero-order valence-corrected chi connectivity index (χ0v) is 14.0. The third-order valence-electron chi connectivity index (χ3n) is 4.60. The molecule has 2 aliphatic rings. The molecular formula is C14H18Cl2O6. The van der Waals surface area contributed by atoms with Gasteiger partial charge in [0.15, 0.2) is 16.3 Å². The third-order valence-corrected chi connectivity index (χ3v) is 5.98. The van der Waals surface area contributed by atoms with Crippen LogP contribution in [0.25, 0.3) is 0 Å². The normalized spacial score (nSPS) is 42.5. The molecular weight excluding hydrogens is 335 g/mol. The summed E-state index contributed by atoms with van der Waals surface area (Å²) in [5.74, 6) is -3.28. The topological polar surface area (TPSA) is 82.1 Å². The van der Waals surface area contributed by atoms with Gasteiger partial charge >= 0.3 is 5.97 Å². The monoisotopic (exact) mass is 352 g/mol. The quantitative estimate of drug-likeness (QED) is 0.346. The molecule has 4 atom stereocenters. The number of halogens is 2. The Balaban J connectivity index is 2.69. The molecule has 0 aliphatic heterocycles. The summed E-state index contributed by atoms with van der Waals surface area (Å²) in [6, 6.07) is 0. The molecule has 124 valence electrons. The number of carbonyl (C=O) groups is 2. The summed E-state index contributed by atoms with van der Waals surface area (Å²) < 4.78 is 15.9. The van der Waals surface area contributed by atoms with E-state index in [1.165, 1.54) is 27.2 Å². The van der Waals surface area contributed by atoms with Crippen molar-refractivity contribution in [2.75, 3.05) is 14.2 Å². The van der Waals surface area contributed by atoms with E-state index in [9.17, 15) is 14.7 Å². The number of hydrogen-bond acceptors (Lipinski definition) is 6. The number of fused-ring (bicyclic) bond motifs is 2. The zero-order valence-electron chi connectivity index (χ0n) is 12.5. The Morgan fingerprint density at radius 2 is 2.00 bits per heavy atom. The van der Waals surface area contributed by atoms with Crippen molar-refractivity contribution in [3.05, 3.63) is 12.7 Å². The molecule has 2 saturated carbocycles. The first kappa shape index (κ1) is 17.7. The van der Waals surface area contributed by atoms with Crippen molar-refractivity contribution in [3.63, 3.8) is 0 Å². The summed E-state index contributed by atoms with van der Waals surface area (Å²) in [5, 5.41) is 10.9. The molecule has 2 fully saturated rings. The lowest BCUT2D eigenvalue weighted by Crippen LogP contribution is -2.60. The van der Waals surface area contributed by atoms with Crippen molar-refractivity contribution in [1.82, 2.24) is 0 Å². The van der Waals surface area contributed by atoms with Crippen LogP contribution < -0.4 is 0 Å². The maximum absolute atomic E-state index is 12.9. The molecule has 0 heterocycles. The van der Waals surface area contributed by atoms with Crippen molar-refractivity contribution in [2.24, 2.45) is 0 Å². The molecule has 0 saturated heterocycles. The predicted octanol–water partition coefficient (Wildman–Crippen LogP) is 1.16. The molecule has 0 spiro atoms. The van der Waals surface area contributed by atoms with Gasteiger partial charge in [-0.1, -0.05) is 6.08 Å². The van der Waals surface area contributed by atoms with E-state index < -0.39 is 39.0 Å². The van der Waals surface area contributed by atoms with Gasteiger partial charge in [0.1, 0.15) is 11.0 Å². The number of hydrogen-bond donors (Lipinski definition) is 1. The van der Waals surface area contributed by atoms with Crippen LogP contribution in [0.2, 0.25) is 0 Å². The van der Waals surface area contributed by atoms with E-state index in [0.29, 0.717) is 0 Å². The van der Waals surface area contributed by atoms with E-state index in [2.05, 4.69) is 6.58 Å². The summed E-state index contributed by atoms with van der Waals surface area (Å²) in [4.78, 5) is 20.5. The van der Waals surface area contributed by atoms with Gasteiger partial charge in [-0.25, -0.2) is 0 Å². The van der Waals surface area contributed by atoms with Gasteiger partial charge < -0.3 is 19.3 Å². The van der Waals surface area contributed by atoms with Crippen LogP contribution in [0, 0.1) is 0 Å². The van der Waals surface area contributed by atoms with Crippen molar-refractivity contribution in [3.8, 4) is 0 Å². The molecule has 0 radical (unpaired) electrons. The lowest BCUT2D eigenvalue weighted by molar-refractivity contribution is -0.233. The molecule has 0 aromatic carbocycles. The average Bonchev–Trinajstić information content (AvgIpc) is 2.69. The fourth-order valence-corrected chi connectivity index (χ4v) is 4.99. The molecule has 0 aromatic rings. The zero-order chi connectivity index (χ0) is 17.0. The molecule has 8 heteroatoms. The maximum atomic E-state index is 12.9. The van der Waals surface area contributed by atoms with E-state index >= 15 is 0 Å². The van der Waals surface area contributed by atoms with Crippen molar-refractivity contribution < 1.29 is 28.9 Å². The van der Waals surface area contributed by atoms with Gasteiger partial charge in [-0.2, -0.15) is 0 Å². The maximum Gasteiger partial charge on any atom is 0.302 e. The first-order chi connectivity index (χ1) is 10.1. The summed E-state index contributed by atoms with van der Waals surface area (Å²) in [7, 11) is 2.53. The number of ketones is 1. The fraction of sp³-hybridized carbons (Fsp3) is 0.714. The number of carbonyl (C=O) groups excluding carboxylic acids is 2. The lowest BCUT2D eigenvalue weighted by atomic mass is 9.78. The van der Waals surface area contributed by atoms with Crippen LogP contribution in [0.3, 0.4) is 0 Å². The number of Topliss-reactive ketones (excluding diaryl/α,β-unsaturated/α-hetero) is 1. The third kappa shape index (κ3) is 1.62. The summed E-state index contributed by atoms with van der Waals surface area (Å²) in [5.41, 5.74) is -2.04. The Bertz CT molecular complexity index is 533. The SMILES string of the molecule is C=CC[C@]1(O)C(=O)[C@]2(Cl)[C@H](OC(C)=O)C[C@@]1(Cl)C2(OC)OC. The van der Waals surface area contributed by atoms with E-state index in [0.717, 1.165) is 0 Å². The van der Waals surface area contributed by atoms with Gasteiger partial charge in [-0.15, -0.1) is 29.8 Å². The molecule has 1 N–H and O–H groups in total. The van der Waals surface area contributed by atoms with Crippen LogP contribution in [0.5, 0.6) is 0 Å². The van der Waals surface area contributed by atoms with Gasteiger partial charge in [-0.3, -0.25) is 9.59 Å². The standard InChI is InChI=1S/C14H18Cl2O6/c1-5-6-11(19)10(18)13(16)9(22-8(2)17)7-12(11,15)14(13,20-3)21-4/h5,9,19H,1,6-7H2,2-4H3/t9-,11+,12+,13-/m1/s1. The Morgan fingerprint density at radius 3 is 2.41 bits per heavy atom. The Labute approximate surface area is 138 Å². The Kier molecular flexibility index (Phi) is 4.16. The molecule has 6 nitrogen and oxygen atoms in total. The highest BCUT2D eigenvalue weighted by Gasteiger charge is 2.91. The second kappa shape index (κ2) is 5.18. The lowest BCUT2D eigenvalue weighted by Gasteiger charge is -2.41. The molecule has 22 heavy (non-hydrogen) atoms. The van der Waals surface area contributed by atoms with Crippen molar-refractivity contribution in [1.29, 1.82) is 0 Å². The molecule has 2 aliphatic carbocycles. The summed E-state index contributed by atoms with van der Waals surface area (Å²) in [6.45, 7) is 4.72. The summed E-state index contributed by atoms with van der Waals surface area (Å²) in [6.07, 6.45) is 0.0436. The Hall–Kier alpha value is -0.660. The van der Waals surface area contributed by atoms with Crippen LogP contribution in [0.15, 0.2) is 12.7 Å². The highest BCUT2D eigenvalue weighted by atomic mass is 35.5. The molecule has 2 rings (SSSR count). The summed E-state index contributed by atoms with van der Waals surface area (Å²) >= 11 is 13.2. The fourth-order valence-electron chi connectivity index (χ4n) is 3.74. The van der Waals surface area contributed by atoms with Crippen LogP contribution in [-0.2, 0) is 23.8 Å². The second-order valence-corrected chi connectivity index (χ2v) is 6.76. The number of rotatable bonds is 5. The number of methoxy groups -OCH3 is 2. The molecule has 0 amide bonds. The smallest absolute Gasteiger partial charge is 0.302 e. The minimum atomic E-state index is -2.04. The predicted molar refractivity (Wildman–Crippen MR) is 78.9 cm³/mol. The molecule has 0 unspecified atom stereocenters. The number of alkyl halides is 2. The van der Waals surface area contributed by atoms with Crippen molar-refractivity contribution >= 4 is 35.0 Å². The minimum Gasteiger partial charge on any atom is -0.460 e. The van der Waals surface area contributed by atoms with E-state index in [4.69, 9.17) is 37.4 Å². The second-order valence-electron chi connectivity index (χ2n) is 5.52. The van der Waals surface area contributed by atoms with Crippen LogP contribution in [0.1, 0.15) is 19.8 Å². The van der Waals surface area contributed by atoms with Gasteiger partial charge in [0, 0.05) is 34.0 Å².